The Morgan fingerprint density at radius 2 is 2.05 bits per heavy atom. The second-order valence-corrected chi connectivity index (χ2v) is 5.83. The van der Waals surface area contributed by atoms with Crippen molar-refractivity contribution in [2.45, 2.75) is 39.2 Å². The number of ether oxygens (including phenoxy) is 1. The van der Waals surface area contributed by atoms with Crippen molar-refractivity contribution in [1.82, 2.24) is 0 Å². The van der Waals surface area contributed by atoms with Crippen molar-refractivity contribution in [3.05, 3.63) is 48.6 Å². The first-order valence-corrected chi connectivity index (χ1v) is 7.30. The molecule has 0 radical (unpaired) electrons. The first kappa shape index (κ1) is 17.0. The fourth-order valence-corrected chi connectivity index (χ4v) is 2.09. The summed E-state index contributed by atoms with van der Waals surface area (Å²) in [5.74, 6) is 3.07. The van der Waals surface area contributed by atoms with Gasteiger partial charge in [0.1, 0.15) is 5.60 Å². The quantitative estimate of drug-likeness (QED) is 0.419. The molecule has 2 nitrogen and oxygen atoms in total. The number of benzene rings is 1. The van der Waals surface area contributed by atoms with Gasteiger partial charge in [0.05, 0.1) is 5.56 Å². The molecule has 0 fully saturated rings. The van der Waals surface area contributed by atoms with E-state index < -0.39 is 5.60 Å². The Kier molecular flexibility index (Phi) is 6.24. The molecule has 21 heavy (non-hydrogen) atoms. The van der Waals surface area contributed by atoms with Crippen molar-refractivity contribution in [1.29, 1.82) is 0 Å². The number of hydrogen-bond acceptors (Lipinski definition) is 2. The molecule has 0 aliphatic carbocycles. The van der Waals surface area contributed by atoms with Crippen molar-refractivity contribution in [2.24, 2.45) is 11.8 Å². The van der Waals surface area contributed by atoms with Gasteiger partial charge in [0.15, 0.2) is 0 Å². The average Bonchev–Trinajstić information content (AvgIpc) is 2.48. The summed E-state index contributed by atoms with van der Waals surface area (Å²) in [5, 5.41) is 0. The minimum atomic E-state index is -0.698. The van der Waals surface area contributed by atoms with E-state index in [9.17, 15) is 4.79 Å². The molecule has 112 valence electrons. The molecule has 0 saturated carbocycles. The monoisotopic (exact) mass is 284 g/mol. The molecule has 2 heteroatoms. The molecule has 2 atom stereocenters. The van der Waals surface area contributed by atoms with E-state index in [-0.39, 0.29) is 11.9 Å². The SMILES string of the molecule is C#CC(CCC(C)(C=C)OC(=O)c1ccccc1)C(C)C. The number of terminal acetylenes is 1. The van der Waals surface area contributed by atoms with Gasteiger partial charge >= 0.3 is 5.97 Å². The van der Waals surface area contributed by atoms with Gasteiger partial charge < -0.3 is 4.74 Å². The highest BCUT2D eigenvalue weighted by molar-refractivity contribution is 5.89. The summed E-state index contributed by atoms with van der Waals surface area (Å²) in [6.07, 6.45) is 8.71. The van der Waals surface area contributed by atoms with Gasteiger partial charge in [0, 0.05) is 5.92 Å². The zero-order valence-electron chi connectivity index (χ0n) is 13.1. The van der Waals surface area contributed by atoms with Crippen LogP contribution < -0.4 is 0 Å². The molecule has 0 aliphatic rings. The third-order valence-electron chi connectivity index (χ3n) is 3.74. The van der Waals surface area contributed by atoms with Crippen molar-refractivity contribution >= 4 is 5.97 Å². The van der Waals surface area contributed by atoms with Crippen LogP contribution in [0.15, 0.2) is 43.0 Å². The summed E-state index contributed by atoms with van der Waals surface area (Å²) < 4.78 is 5.62. The summed E-state index contributed by atoms with van der Waals surface area (Å²) in [7, 11) is 0. The van der Waals surface area contributed by atoms with Crippen LogP contribution in [0.25, 0.3) is 0 Å². The second-order valence-electron chi connectivity index (χ2n) is 5.83. The van der Waals surface area contributed by atoms with Crippen LogP contribution >= 0.6 is 0 Å². The van der Waals surface area contributed by atoms with E-state index in [1.54, 1.807) is 18.2 Å². The number of carbonyl (C=O) groups is 1. The van der Waals surface area contributed by atoms with Crippen molar-refractivity contribution in [3.8, 4) is 12.3 Å². The van der Waals surface area contributed by atoms with Crippen LogP contribution in [0.1, 0.15) is 44.0 Å². The summed E-state index contributed by atoms with van der Waals surface area (Å²) in [5.41, 5.74) is -0.153. The molecule has 0 saturated heterocycles. The van der Waals surface area contributed by atoms with Gasteiger partial charge in [-0.05, 0) is 43.9 Å². The highest BCUT2D eigenvalue weighted by Crippen LogP contribution is 2.26. The molecule has 0 amide bonds. The van der Waals surface area contributed by atoms with Crippen molar-refractivity contribution in [2.75, 3.05) is 0 Å². The third kappa shape index (κ3) is 5.11. The average molecular weight is 284 g/mol. The predicted octanol–water partition coefficient (Wildman–Crippen LogP) is 4.47. The lowest BCUT2D eigenvalue weighted by molar-refractivity contribution is 0.00600. The standard InChI is InChI=1S/C19H24O2/c1-6-16(15(3)4)13-14-19(5,7-2)21-18(20)17-11-9-8-10-12-17/h1,7-12,15-16H,2,13-14H2,3-5H3. The Morgan fingerprint density at radius 3 is 2.52 bits per heavy atom. The molecule has 1 rings (SSSR count). The number of rotatable bonds is 7. The second kappa shape index (κ2) is 7.69. The van der Waals surface area contributed by atoms with E-state index >= 15 is 0 Å². The van der Waals surface area contributed by atoms with Gasteiger partial charge in [0.25, 0.3) is 0 Å². The first-order valence-electron chi connectivity index (χ1n) is 7.30. The van der Waals surface area contributed by atoms with E-state index in [4.69, 9.17) is 11.2 Å². The van der Waals surface area contributed by atoms with E-state index in [0.29, 0.717) is 17.9 Å². The topological polar surface area (TPSA) is 26.3 Å². The molecule has 0 spiro atoms. The Balaban J connectivity index is 2.70. The Hall–Kier alpha value is -2.01. The lowest BCUT2D eigenvalue weighted by Gasteiger charge is -2.28. The van der Waals surface area contributed by atoms with Gasteiger partial charge in [-0.2, -0.15) is 0 Å². The largest absolute Gasteiger partial charge is 0.452 e. The molecule has 0 aromatic heterocycles. The van der Waals surface area contributed by atoms with Crippen LogP contribution in [-0.2, 0) is 4.74 Å². The minimum Gasteiger partial charge on any atom is -0.452 e. The smallest absolute Gasteiger partial charge is 0.338 e. The van der Waals surface area contributed by atoms with Gasteiger partial charge in [-0.15, -0.1) is 12.3 Å². The summed E-state index contributed by atoms with van der Waals surface area (Å²) in [6, 6.07) is 8.97. The van der Waals surface area contributed by atoms with Crippen LogP contribution in [0.5, 0.6) is 0 Å². The summed E-state index contributed by atoms with van der Waals surface area (Å²) in [4.78, 5) is 12.2. The Labute approximate surface area is 128 Å². The van der Waals surface area contributed by atoms with Gasteiger partial charge in [0.2, 0.25) is 0 Å². The van der Waals surface area contributed by atoms with Gasteiger partial charge in [-0.3, -0.25) is 0 Å². The van der Waals surface area contributed by atoms with Crippen LogP contribution in [0, 0.1) is 24.2 Å². The van der Waals surface area contributed by atoms with E-state index in [2.05, 4.69) is 26.3 Å². The number of hydrogen-bond donors (Lipinski definition) is 0. The third-order valence-corrected chi connectivity index (χ3v) is 3.74. The molecule has 0 aliphatic heterocycles. The van der Waals surface area contributed by atoms with Crippen molar-refractivity contribution in [3.63, 3.8) is 0 Å². The maximum absolute atomic E-state index is 12.2. The summed E-state index contributed by atoms with van der Waals surface area (Å²) in [6.45, 7) is 9.87. The van der Waals surface area contributed by atoms with Crippen LogP contribution in [0.2, 0.25) is 0 Å². The fraction of sp³-hybridized carbons (Fsp3) is 0.421. The fourth-order valence-electron chi connectivity index (χ4n) is 2.09. The highest BCUT2D eigenvalue weighted by atomic mass is 16.6. The lowest BCUT2D eigenvalue weighted by atomic mass is 9.87. The number of esters is 1. The summed E-state index contributed by atoms with van der Waals surface area (Å²) >= 11 is 0. The zero-order valence-corrected chi connectivity index (χ0v) is 13.1. The van der Waals surface area contributed by atoms with E-state index in [0.717, 1.165) is 6.42 Å². The van der Waals surface area contributed by atoms with Gasteiger partial charge in [-0.25, -0.2) is 4.79 Å². The van der Waals surface area contributed by atoms with Gasteiger partial charge in [-0.1, -0.05) is 38.6 Å². The molecule has 0 bridgehead atoms. The Bertz CT molecular complexity index is 510. The Morgan fingerprint density at radius 1 is 1.43 bits per heavy atom. The van der Waals surface area contributed by atoms with Crippen molar-refractivity contribution < 1.29 is 9.53 Å². The van der Waals surface area contributed by atoms with Crippen LogP contribution in [0.3, 0.4) is 0 Å². The molecule has 1 aromatic rings. The number of carbonyl (C=O) groups excluding carboxylic acids is 1. The molecule has 1 aromatic carbocycles. The molecule has 0 heterocycles. The van der Waals surface area contributed by atoms with Crippen LogP contribution in [0.4, 0.5) is 0 Å². The molecule has 2 unspecified atom stereocenters. The van der Waals surface area contributed by atoms with E-state index in [1.165, 1.54) is 0 Å². The predicted molar refractivity (Wildman–Crippen MR) is 86.9 cm³/mol. The maximum Gasteiger partial charge on any atom is 0.338 e. The lowest BCUT2D eigenvalue weighted by Crippen LogP contribution is -2.30. The molecular weight excluding hydrogens is 260 g/mol. The minimum absolute atomic E-state index is 0.180. The van der Waals surface area contributed by atoms with E-state index in [1.807, 2.05) is 25.1 Å². The maximum atomic E-state index is 12.2. The first-order chi connectivity index (χ1) is 9.91. The normalized spacial score (nSPS) is 14.8. The zero-order chi connectivity index (χ0) is 15.9. The molecular formula is C19H24O2. The molecule has 0 N–H and O–H groups in total. The highest BCUT2D eigenvalue weighted by Gasteiger charge is 2.27. The van der Waals surface area contributed by atoms with Crippen LogP contribution in [-0.4, -0.2) is 11.6 Å².